The summed E-state index contributed by atoms with van der Waals surface area (Å²) in [5.74, 6) is -0.580. The van der Waals surface area contributed by atoms with E-state index in [9.17, 15) is 14.9 Å². The molecular weight excluding hydrogens is 300 g/mol. The van der Waals surface area contributed by atoms with Gasteiger partial charge < -0.3 is 5.32 Å². The van der Waals surface area contributed by atoms with Crippen LogP contribution in [0.1, 0.15) is 24.0 Å². The summed E-state index contributed by atoms with van der Waals surface area (Å²) >= 11 is 0. The highest BCUT2D eigenvalue weighted by atomic mass is 16.6. The third kappa shape index (κ3) is 3.22. The van der Waals surface area contributed by atoms with Gasteiger partial charge in [-0.1, -0.05) is 6.92 Å². The smallest absolute Gasteiger partial charge is 0.312 e. The minimum atomic E-state index is -0.447. The highest BCUT2D eigenvalue weighted by molar-refractivity contribution is 5.92. The molecule has 2 aromatic rings. The summed E-state index contributed by atoms with van der Waals surface area (Å²) in [6.45, 7) is 7.10. The molecule has 0 radical (unpaired) electrons. The number of carbonyl (C=O) groups excluding carboxylic acids is 1. The Bertz CT molecular complexity index is 761. The first-order valence-electron chi connectivity index (χ1n) is 7.20. The van der Waals surface area contributed by atoms with Crippen molar-refractivity contribution in [3.8, 4) is 0 Å². The lowest BCUT2D eigenvalue weighted by Crippen LogP contribution is -2.25. The molecule has 0 bridgehead atoms. The molecule has 0 aliphatic heterocycles. The summed E-state index contributed by atoms with van der Waals surface area (Å²) in [6, 6.07) is 0. The van der Waals surface area contributed by atoms with E-state index < -0.39 is 10.8 Å². The minimum Gasteiger partial charge on any atom is -0.323 e. The van der Waals surface area contributed by atoms with Crippen LogP contribution in [0.4, 0.5) is 11.4 Å². The van der Waals surface area contributed by atoms with Crippen LogP contribution in [0.3, 0.4) is 0 Å². The number of nitro groups is 1. The van der Waals surface area contributed by atoms with Gasteiger partial charge in [0.2, 0.25) is 5.91 Å². The Morgan fingerprint density at radius 1 is 1.39 bits per heavy atom. The van der Waals surface area contributed by atoms with Crippen molar-refractivity contribution in [3.63, 3.8) is 0 Å². The summed E-state index contributed by atoms with van der Waals surface area (Å²) in [7, 11) is 1.80. The van der Waals surface area contributed by atoms with Crippen LogP contribution in [0.15, 0.2) is 6.20 Å². The van der Waals surface area contributed by atoms with Gasteiger partial charge in [0, 0.05) is 7.05 Å². The van der Waals surface area contributed by atoms with E-state index in [-0.39, 0.29) is 18.1 Å². The number of nitrogens with zero attached hydrogens (tertiary/aromatic N) is 5. The van der Waals surface area contributed by atoms with Gasteiger partial charge in [-0.15, -0.1) is 0 Å². The van der Waals surface area contributed by atoms with Crippen LogP contribution in [0.25, 0.3) is 0 Å². The number of aromatic nitrogens is 4. The average Bonchev–Trinajstić information content (AvgIpc) is 2.92. The first-order chi connectivity index (χ1) is 10.7. The molecule has 0 aliphatic carbocycles. The first-order valence-corrected chi connectivity index (χ1v) is 7.20. The van der Waals surface area contributed by atoms with E-state index >= 15 is 0 Å². The molecule has 9 heteroatoms. The van der Waals surface area contributed by atoms with Crippen molar-refractivity contribution in [2.45, 2.75) is 34.2 Å². The Hall–Kier alpha value is -2.71. The average molecular weight is 320 g/mol. The molecular formula is C14H20N6O3. The van der Waals surface area contributed by atoms with Crippen molar-refractivity contribution in [1.82, 2.24) is 19.6 Å². The second kappa shape index (κ2) is 6.19. The van der Waals surface area contributed by atoms with Crippen LogP contribution in [0.2, 0.25) is 0 Å². The molecule has 1 atom stereocenters. The number of nitrogens with one attached hydrogen (secondary N) is 1. The van der Waals surface area contributed by atoms with Crippen LogP contribution in [0.5, 0.6) is 0 Å². The Balaban J connectivity index is 2.11. The lowest BCUT2D eigenvalue weighted by Gasteiger charge is -2.12. The number of anilines is 1. The quantitative estimate of drug-likeness (QED) is 0.666. The third-order valence-corrected chi connectivity index (χ3v) is 3.91. The molecule has 1 amide bonds. The fraction of sp³-hybridized carbons (Fsp3) is 0.500. The molecule has 1 N–H and O–H groups in total. The molecule has 0 aromatic carbocycles. The first kappa shape index (κ1) is 16.7. The van der Waals surface area contributed by atoms with E-state index in [4.69, 9.17) is 0 Å². The predicted molar refractivity (Wildman–Crippen MR) is 84.1 cm³/mol. The van der Waals surface area contributed by atoms with E-state index in [0.29, 0.717) is 17.1 Å². The zero-order valence-corrected chi connectivity index (χ0v) is 13.8. The van der Waals surface area contributed by atoms with Gasteiger partial charge in [0.15, 0.2) is 0 Å². The fourth-order valence-corrected chi connectivity index (χ4v) is 2.35. The van der Waals surface area contributed by atoms with Crippen molar-refractivity contribution in [3.05, 3.63) is 33.4 Å². The SMILES string of the molecule is Cc1nn(CC(C)C(=O)Nc2cnn(C)c2C)c(C)c1[N+](=O)[O-]. The summed E-state index contributed by atoms with van der Waals surface area (Å²) in [6.07, 6.45) is 1.59. The topological polar surface area (TPSA) is 108 Å². The van der Waals surface area contributed by atoms with Crippen molar-refractivity contribution in [2.75, 3.05) is 5.32 Å². The second-order valence-corrected chi connectivity index (χ2v) is 5.62. The number of hydrogen-bond donors (Lipinski definition) is 1. The van der Waals surface area contributed by atoms with Crippen molar-refractivity contribution in [1.29, 1.82) is 0 Å². The molecule has 9 nitrogen and oxygen atoms in total. The number of hydrogen-bond acceptors (Lipinski definition) is 5. The lowest BCUT2D eigenvalue weighted by atomic mass is 10.1. The molecule has 2 heterocycles. The maximum Gasteiger partial charge on any atom is 0.312 e. The van der Waals surface area contributed by atoms with Crippen LogP contribution in [-0.4, -0.2) is 30.4 Å². The van der Waals surface area contributed by atoms with E-state index in [1.807, 2.05) is 6.92 Å². The Morgan fingerprint density at radius 2 is 2.04 bits per heavy atom. The van der Waals surface area contributed by atoms with Gasteiger partial charge in [-0.2, -0.15) is 10.2 Å². The molecule has 23 heavy (non-hydrogen) atoms. The van der Waals surface area contributed by atoms with Crippen molar-refractivity contribution in [2.24, 2.45) is 13.0 Å². The van der Waals surface area contributed by atoms with Crippen LogP contribution in [0, 0.1) is 36.8 Å². The third-order valence-electron chi connectivity index (χ3n) is 3.91. The van der Waals surface area contributed by atoms with Gasteiger partial charge in [0.05, 0.1) is 35.0 Å². The normalized spacial score (nSPS) is 12.2. The molecule has 0 saturated carbocycles. The number of amides is 1. The molecule has 0 spiro atoms. The van der Waals surface area contributed by atoms with Crippen LogP contribution < -0.4 is 5.32 Å². The van der Waals surface area contributed by atoms with Gasteiger partial charge >= 0.3 is 5.69 Å². The van der Waals surface area contributed by atoms with Crippen LogP contribution >= 0.6 is 0 Å². The van der Waals surface area contributed by atoms with Gasteiger partial charge in [-0.05, 0) is 20.8 Å². The fourth-order valence-electron chi connectivity index (χ4n) is 2.35. The molecule has 0 fully saturated rings. The molecule has 0 saturated heterocycles. The van der Waals surface area contributed by atoms with E-state index in [1.165, 1.54) is 4.68 Å². The second-order valence-electron chi connectivity index (χ2n) is 5.62. The Kier molecular flexibility index (Phi) is 4.48. The number of carbonyl (C=O) groups is 1. The zero-order chi connectivity index (χ0) is 17.3. The highest BCUT2D eigenvalue weighted by Gasteiger charge is 2.24. The zero-order valence-electron chi connectivity index (χ0n) is 13.8. The molecule has 2 rings (SSSR count). The van der Waals surface area contributed by atoms with E-state index in [0.717, 1.165) is 5.69 Å². The molecule has 0 aliphatic rings. The van der Waals surface area contributed by atoms with Gasteiger partial charge in [0.25, 0.3) is 0 Å². The Morgan fingerprint density at radius 3 is 2.52 bits per heavy atom. The monoisotopic (exact) mass is 320 g/mol. The lowest BCUT2D eigenvalue weighted by molar-refractivity contribution is -0.386. The van der Waals surface area contributed by atoms with E-state index in [2.05, 4.69) is 15.5 Å². The number of rotatable bonds is 5. The highest BCUT2D eigenvalue weighted by Crippen LogP contribution is 2.23. The summed E-state index contributed by atoms with van der Waals surface area (Å²) in [4.78, 5) is 22.9. The van der Waals surface area contributed by atoms with Crippen molar-refractivity contribution >= 4 is 17.3 Å². The van der Waals surface area contributed by atoms with Crippen LogP contribution in [-0.2, 0) is 18.4 Å². The maximum atomic E-state index is 12.3. The predicted octanol–water partition coefficient (Wildman–Crippen LogP) is 1.72. The maximum absolute atomic E-state index is 12.3. The molecule has 124 valence electrons. The molecule has 2 aromatic heterocycles. The standard InChI is InChI=1S/C14H20N6O3/c1-8(14(21)16-12-6-15-18(5)10(12)3)7-19-11(4)13(20(22)23)9(2)17-19/h6,8H,7H2,1-5H3,(H,16,21). The number of aryl methyl sites for hydroxylation is 2. The summed E-state index contributed by atoms with van der Waals surface area (Å²) < 4.78 is 3.18. The molecule has 1 unspecified atom stereocenters. The Labute approximate surface area is 133 Å². The van der Waals surface area contributed by atoms with Crippen molar-refractivity contribution < 1.29 is 9.72 Å². The summed E-state index contributed by atoms with van der Waals surface area (Å²) in [5, 5.41) is 22.1. The minimum absolute atomic E-state index is 0.000659. The van der Waals surface area contributed by atoms with Gasteiger partial charge in [0.1, 0.15) is 11.4 Å². The van der Waals surface area contributed by atoms with Gasteiger partial charge in [-0.25, -0.2) is 0 Å². The summed E-state index contributed by atoms with van der Waals surface area (Å²) in [5.41, 5.74) is 2.31. The largest absolute Gasteiger partial charge is 0.323 e. The van der Waals surface area contributed by atoms with Gasteiger partial charge in [-0.3, -0.25) is 24.3 Å². The van der Waals surface area contributed by atoms with E-state index in [1.54, 1.807) is 38.7 Å².